The molecule has 9 heteroatoms. The molecule has 2 aromatic carbocycles. The lowest BCUT2D eigenvalue weighted by Crippen LogP contribution is -2.24. The second-order valence-corrected chi connectivity index (χ2v) is 7.93. The molecule has 2 aromatic heterocycles. The van der Waals surface area contributed by atoms with Crippen molar-refractivity contribution in [3.63, 3.8) is 0 Å². The Morgan fingerprint density at radius 2 is 2.10 bits per heavy atom. The molecule has 0 atom stereocenters. The Hall–Kier alpha value is -3.54. The molecular formula is C22H15ClN4O3S. The molecule has 4 aromatic rings. The van der Waals surface area contributed by atoms with Crippen LogP contribution in [-0.2, 0) is 11.3 Å². The van der Waals surface area contributed by atoms with Gasteiger partial charge in [0.05, 0.1) is 41.1 Å². The SMILES string of the molecule is N#Cc1cccc(NC(=O)CSc2nc3cc(Cl)ccc3c(=O)n2Cc2ccco2)c1. The highest BCUT2D eigenvalue weighted by molar-refractivity contribution is 7.99. The van der Waals surface area contributed by atoms with Crippen LogP contribution in [0.4, 0.5) is 5.69 Å². The molecule has 0 aliphatic heterocycles. The van der Waals surface area contributed by atoms with E-state index in [-0.39, 0.29) is 23.8 Å². The van der Waals surface area contributed by atoms with Crippen LogP contribution in [0.15, 0.2) is 75.2 Å². The topological polar surface area (TPSA) is 101 Å². The molecule has 0 fully saturated rings. The van der Waals surface area contributed by atoms with Crippen LogP contribution in [0.1, 0.15) is 11.3 Å². The van der Waals surface area contributed by atoms with E-state index in [1.54, 1.807) is 54.6 Å². The zero-order valence-electron chi connectivity index (χ0n) is 16.0. The summed E-state index contributed by atoms with van der Waals surface area (Å²) in [5.74, 6) is 0.329. The molecule has 0 aliphatic carbocycles. The van der Waals surface area contributed by atoms with Crippen molar-refractivity contribution >= 4 is 45.9 Å². The van der Waals surface area contributed by atoms with Gasteiger partial charge >= 0.3 is 0 Å². The number of rotatable bonds is 6. The van der Waals surface area contributed by atoms with E-state index in [4.69, 9.17) is 21.3 Å². The Morgan fingerprint density at radius 3 is 2.87 bits per heavy atom. The number of anilines is 1. The smallest absolute Gasteiger partial charge is 0.262 e. The van der Waals surface area contributed by atoms with Gasteiger partial charge in [0.2, 0.25) is 5.91 Å². The summed E-state index contributed by atoms with van der Waals surface area (Å²) in [5.41, 5.74) is 1.18. The number of hydrogen-bond acceptors (Lipinski definition) is 6. The molecule has 0 spiro atoms. The lowest BCUT2D eigenvalue weighted by Gasteiger charge is -2.12. The summed E-state index contributed by atoms with van der Waals surface area (Å²) in [6.45, 7) is 0.186. The normalized spacial score (nSPS) is 10.7. The molecule has 31 heavy (non-hydrogen) atoms. The summed E-state index contributed by atoms with van der Waals surface area (Å²) >= 11 is 7.19. The van der Waals surface area contributed by atoms with E-state index in [0.29, 0.717) is 38.1 Å². The molecule has 0 bridgehead atoms. The second kappa shape index (κ2) is 9.08. The van der Waals surface area contributed by atoms with Gasteiger partial charge in [0, 0.05) is 10.7 Å². The summed E-state index contributed by atoms with van der Waals surface area (Å²) < 4.78 is 6.86. The van der Waals surface area contributed by atoms with Gasteiger partial charge in [-0.1, -0.05) is 29.4 Å². The Kier molecular flexibility index (Phi) is 6.07. The molecule has 0 saturated heterocycles. The number of benzene rings is 2. The van der Waals surface area contributed by atoms with E-state index in [1.165, 1.54) is 10.8 Å². The van der Waals surface area contributed by atoms with Crippen molar-refractivity contribution < 1.29 is 9.21 Å². The van der Waals surface area contributed by atoms with Crippen LogP contribution in [0.3, 0.4) is 0 Å². The number of nitrogens with one attached hydrogen (secondary N) is 1. The van der Waals surface area contributed by atoms with Gasteiger partial charge in [-0.2, -0.15) is 5.26 Å². The van der Waals surface area contributed by atoms with Crippen LogP contribution in [-0.4, -0.2) is 21.2 Å². The standard InChI is InChI=1S/C22H15ClN4O3S/c23-15-6-7-18-19(10-15)26-22(27(21(18)29)12-17-5-2-8-30-17)31-13-20(28)25-16-4-1-3-14(9-16)11-24/h1-10H,12-13H2,(H,25,28). The molecule has 0 aliphatic rings. The van der Waals surface area contributed by atoms with Crippen LogP contribution >= 0.6 is 23.4 Å². The van der Waals surface area contributed by atoms with E-state index in [0.717, 1.165) is 11.8 Å². The van der Waals surface area contributed by atoms with Crippen LogP contribution in [0.2, 0.25) is 5.02 Å². The molecule has 4 rings (SSSR count). The van der Waals surface area contributed by atoms with Gasteiger partial charge in [0.25, 0.3) is 5.56 Å². The molecule has 7 nitrogen and oxygen atoms in total. The van der Waals surface area contributed by atoms with Gasteiger partial charge in [-0.25, -0.2) is 4.98 Å². The second-order valence-electron chi connectivity index (χ2n) is 6.56. The van der Waals surface area contributed by atoms with Gasteiger partial charge in [-0.3, -0.25) is 14.2 Å². The van der Waals surface area contributed by atoms with Crippen LogP contribution < -0.4 is 10.9 Å². The van der Waals surface area contributed by atoms with Crippen LogP contribution in [0, 0.1) is 11.3 Å². The van der Waals surface area contributed by atoms with Crippen molar-refractivity contribution in [3.8, 4) is 6.07 Å². The Bertz CT molecular complexity index is 1360. The fourth-order valence-corrected chi connectivity index (χ4v) is 3.94. The number of fused-ring (bicyclic) bond motifs is 1. The van der Waals surface area contributed by atoms with Gasteiger partial charge in [-0.15, -0.1) is 0 Å². The van der Waals surface area contributed by atoms with Crippen molar-refractivity contribution in [1.82, 2.24) is 9.55 Å². The lowest BCUT2D eigenvalue weighted by atomic mass is 10.2. The fourth-order valence-electron chi connectivity index (χ4n) is 2.98. The van der Waals surface area contributed by atoms with Crippen LogP contribution in [0.5, 0.6) is 0 Å². The van der Waals surface area contributed by atoms with Crippen molar-refractivity contribution in [1.29, 1.82) is 5.26 Å². The van der Waals surface area contributed by atoms with Gasteiger partial charge < -0.3 is 9.73 Å². The number of carbonyl (C=O) groups excluding carboxylic acids is 1. The first-order chi connectivity index (χ1) is 15.0. The number of aromatic nitrogens is 2. The average molecular weight is 451 g/mol. The molecule has 154 valence electrons. The number of thioether (sulfide) groups is 1. The molecule has 1 amide bonds. The number of halogens is 1. The van der Waals surface area contributed by atoms with Crippen molar-refractivity contribution in [2.75, 3.05) is 11.1 Å². The first-order valence-corrected chi connectivity index (χ1v) is 10.5. The van der Waals surface area contributed by atoms with E-state index in [9.17, 15) is 9.59 Å². The van der Waals surface area contributed by atoms with Crippen molar-refractivity contribution in [3.05, 3.63) is 87.6 Å². The predicted molar refractivity (Wildman–Crippen MR) is 119 cm³/mol. The summed E-state index contributed by atoms with van der Waals surface area (Å²) in [5, 5.41) is 13.0. The summed E-state index contributed by atoms with van der Waals surface area (Å²) in [7, 11) is 0. The summed E-state index contributed by atoms with van der Waals surface area (Å²) in [6, 6.07) is 17.1. The molecule has 2 heterocycles. The third kappa shape index (κ3) is 4.79. The monoisotopic (exact) mass is 450 g/mol. The highest BCUT2D eigenvalue weighted by Crippen LogP contribution is 2.22. The Balaban J connectivity index is 1.61. The number of furan rings is 1. The minimum absolute atomic E-state index is 0.0213. The number of nitrogens with zero attached hydrogens (tertiary/aromatic N) is 3. The minimum atomic E-state index is -0.287. The fraction of sp³-hybridized carbons (Fsp3) is 0.0909. The number of nitriles is 1. The molecule has 1 N–H and O–H groups in total. The minimum Gasteiger partial charge on any atom is -0.467 e. The van der Waals surface area contributed by atoms with E-state index >= 15 is 0 Å². The summed E-state index contributed by atoms with van der Waals surface area (Å²) in [4.78, 5) is 30.1. The first kappa shape index (κ1) is 20.7. The predicted octanol–water partition coefficient (Wildman–Crippen LogP) is 4.29. The Morgan fingerprint density at radius 1 is 1.23 bits per heavy atom. The van der Waals surface area contributed by atoms with Crippen molar-refractivity contribution in [2.45, 2.75) is 11.7 Å². The highest BCUT2D eigenvalue weighted by atomic mass is 35.5. The maximum atomic E-state index is 13.1. The van der Waals surface area contributed by atoms with E-state index in [2.05, 4.69) is 10.3 Å². The van der Waals surface area contributed by atoms with Gasteiger partial charge in [-0.05, 0) is 48.5 Å². The highest BCUT2D eigenvalue weighted by Gasteiger charge is 2.15. The average Bonchev–Trinajstić information content (AvgIpc) is 3.28. The zero-order valence-corrected chi connectivity index (χ0v) is 17.6. The molecule has 0 unspecified atom stereocenters. The number of hydrogen-bond donors (Lipinski definition) is 1. The third-order valence-corrected chi connectivity index (χ3v) is 5.60. The van der Waals surface area contributed by atoms with Crippen LogP contribution in [0.25, 0.3) is 10.9 Å². The quantitative estimate of drug-likeness (QED) is 0.347. The number of carbonyl (C=O) groups is 1. The lowest BCUT2D eigenvalue weighted by molar-refractivity contribution is -0.113. The summed E-state index contributed by atoms with van der Waals surface area (Å²) in [6.07, 6.45) is 1.53. The van der Waals surface area contributed by atoms with Gasteiger partial charge in [0.15, 0.2) is 5.16 Å². The third-order valence-electron chi connectivity index (χ3n) is 4.38. The largest absolute Gasteiger partial charge is 0.467 e. The maximum absolute atomic E-state index is 13.1. The van der Waals surface area contributed by atoms with E-state index < -0.39 is 0 Å². The van der Waals surface area contributed by atoms with E-state index in [1.807, 2.05) is 6.07 Å². The van der Waals surface area contributed by atoms with Crippen molar-refractivity contribution in [2.24, 2.45) is 0 Å². The molecule has 0 saturated carbocycles. The zero-order chi connectivity index (χ0) is 21.8. The molecular weight excluding hydrogens is 436 g/mol. The van der Waals surface area contributed by atoms with Gasteiger partial charge in [0.1, 0.15) is 5.76 Å². The number of amides is 1. The maximum Gasteiger partial charge on any atom is 0.262 e. The first-order valence-electron chi connectivity index (χ1n) is 9.19. The Labute approximate surface area is 186 Å². The molecule has 0 radical (unpaired) electrons.